The molecule has 2 aliphatic carbocycles. The fraction of sp³-hybridized carbons (Fsp3) is 0.750. The van der Waals surface area contributed by atoms with E-state index in [0.29, 0.717) is 18.8 Å². The number of carbonyl (C=O) groups is 2. The maximum Gasteiger partial charge on any atom is 0.303 e. The minimum atomic E-state index is -1.02. The summed E-state index contributed by atoms with van der Waals surface area (Å²) in [6, 6.07) is 3.47. The maximum absolute atomic E-state index is 12.1. The van der Waals surface area contributed by atoms with E-state index in [1.807, 2.05) is 6.92 Å². The second-order valence-corrected chi connectivity index (χ2v) is 10.1. The van der Waals surface area contributed by atoms with Crippen molar-refractivity contribution < 1.29 is 38.4 Å². The molecule has 1 aromatic rings. The van der Waals surface area contributed by atoms with E-state index in [2.05, 4.69) is 6.92 Å². The van der Waals surface area contributed by atoms with Crippen LogP contribution in [0.3, 0.4) is 0 Å². The predicted octanol–water partition coefficient (Wildman–Crippen LogP) is 2.77. The predicted molar refractivity (Wildman–Crippen MR) is 112 cm³/mol. The quantitative estimate of drug-likeness (QED) is 0.502. The second kappa shape index (κ2) is 8.15. The fourth-order valence-corrected chi connectivity index (χ4v) is 6.76. The topological polar surface area (TPSA) is 119 Å². The molecule has 3 aliphatic rings. The molecule has 4 rings (SSSR count). The van der Waals surface area contributed by atoms with E-state index in [9.17, 15) is 19.8 Å². The van der Waals surface area contributed by atoms with Crippen LogP contribution < -0.4 is 0 Å². The number of aliphatic hydroxyl groups is 2. The highest BCUT2D eigenvalue weighted by Gasteiger charge is 2.77. The Bertz CT molecular complexity index is 846. The standard InChI is InChI=1S/C24H34O8/c1-14-20(28)21(32-16(3)26)24(13-30-15(2)25)19(8-5-9-23(24)12-31-23)22(14,4)11-17(27)18-7-6-10-29-18/h6-7,10,14,17,19-21,27-28H,5,8-9,11-13H2,1-4H3/t14-,17?,19-,20-,21+,22?,23+,24+/m1/s1. The van der Waals surface area contributed by atoms with E-state index in [4.69, 9.17) is 18.6 Å². The molecule has 2 N–H and O–H groups in total. The zero-order valence-electron chi connectivity index (χ0n) is 19.2. The van der Waals surface area contributed by atoms with Gasteiger partial charge < -0.3 is 28.8 Å². The average molecular weight is 451 g/mol. The molecule has 0 radical (unpaired) electrons. The minimum Gasteiger partial charge on any atom is -0.467 e. The Hall–Kier alpha value is -1.90. The number of esters is 2. The number of aliphatic hydroxyl groups excluding tert-OH is 2. The van der Waals surface area contributed by atoms with Crippen molar-refractivity contribution in [2.24, 2.45) is 22.7 Å². The van der Waals surface area contributed by atoms with E-state index < -0.39 is 46.7 Å². The van der Waals surface area contributed by atoms with Crippen LogP contribution >= 0.6 is 0 Å². The Kier molecular flexibility index (Phi) is 5.92. The number of rotatable bonds is 6. The van der Waals surface area contributed by atoms with Gasteiger partial charge >= 0.3 is 11.9 Å². The summed E-state index contributed by atoms with van der Waals surface area (Å²) < 4.78 is 22.8. The molecule has 2 heterocycles. The Morgan fingerprint density at radius 2 is 2.03 bits per heavy atom. The Labute approximate surface area is 188 Å². The van der Waals surface area contributed by atoms with Crippen molar-refractivity contribution in [3.05, 3.63) is 24.2 Å². The monoisotopic (exact) mass is 450 g/mol. The highest BCUT2D eigenvalue weighted by molar-refractivity contribution is 5.67. The molecular formula is C24H34O8. The molecule has 1 saturated heterocycles. The molecule has 3 fully saturated rings. The third kappa shape index (κ3) is 3.47. The molecule has 1 aromatic heterocycles. The minimum absolute atomic E-state index is 0.0127. The summed E-state index contributed by atoms with van der Waals surface area (Å²) in [5.74, 6) is -0.901. The third-order valence-corrected chi connectivity index (χ3v) is 8.51. The summed E-state index contributed by atoms with van der Waals surface area (Å²) in [4.78, 5) is 24.0. The van der Waals surface area contributed by atoms with Crippen LogP contribution in [0, 0.1) is 22.7 Å². The molecule has 2 saturated carbocycles. The molecule has 8 atom stereocenters. The van der Waals surface area contributed by atoms with Gasteiger partial charge in [-0.2, -0.15) is 0 Å². The molecule has 0 aromatic carbocycles. The Morgan fingerprint density at radius 3 is 2.59 bits per heavy atom. The van der Waals surface area contributed by atoms with Crippen molar-refractivity contribution in [1.82, 2.24) is 0 Å². The van der Waals surface area contributed by atoms with Gasteiger partial charge in [-0.3, -0.25) is 9.59 Å². The van der Waals surface area contributed by atoms with Crippen molar-refractivity contribution in [1.29, 1.82) is 0 Å². The maximum atomic E-state index is 12.1. The van der Waals surface area contributed by atoms with Gasteiger partial charge in [-0.15, -0.1) is 0 Å². The first-order valence-electron chi connectivity index (χ1n) is 11.4. The Balaban J connectivity index is 1.82. The van der Waals surface area contributed by atoms with Gasteiger partial charge in [0.1, 0.15) is 30.2 Å². The first-order chi connectivity index (χ1) is 15.1. The second-order valence-electron chi connectivity index (χ2n) is 10.1. The van der Waals surface area contributed by atoms with E-state index in [0.717, 1.165) is 19.3 Å². The van der Waals surface area contributed by atoms with Crippen LogP contribution in [0.5, 0.6) is 0 Å². The van der Waals surface area contributed by atoms with Crippen molar-refractivity contribution in [2.45, 2.75) is 77.3 Å². The van der Waals surface area contributed by atoms with Gasteiger partial charge in [-0.1, -0.05) is 20.3 Å². The molecule has 178 valence electrons. The lowest BCUT2D eigenvalue weighted by Crippen LogP contribution is -2.71. The van der Waals surface area contributed by atoms with Crippen molar-refractivity contribution >= 4 is 11.9 Å². The van der Waals surface area contributed by atoms with E-state index in [-0.39, 0.29) is 18.4 Å². The van der Waals surface area contributed by atoms with Crippen LogP contribution in [0.4, 0.5) is 0 Å². The van der Waals surface area contributed by atoms with Crippen molar-refractivity contribution in [3.8, 4) is 0 Å². The zero-order chi connectivity index (χ0) is 23.3. The molecule has 1 spiro atoms. The van der Waals surface area contributed by atoms with Crippen LogP contribution in [0.25, 0.3) is 0 Å². The van der Waals surface area contributed by atoms with Crippen LogP contribution in [0.2, 0.25) is 0 Å². The van der Waals surface area contributed by atoms with Crippen LogP contribution in [0.1, 0.15) is 65.2 Å². The number of carbonyl (C=O) groups excluding carboxylic acids is 2. The third-order valence-electron chi connectivity index (χ3n) is 8.51. The molecule has 0 bridgehead atoms. The number of epoxide rings is 1. The summed E-state index contributed by atoms with van der Waals surface area (Å²) >= 11 is 0. The lowest BCUT2D eigenvalue weighted by molar-refractivity contribution is -0.266. The van der Waals surface area contributed by atoms with Gasteiger partial charge in [-0.25, -0.2) is 0 Å². The molecule has 32 heavy (non-hydrogen) atoms. The van der Waals surface area contributed by atoms with Crippen LogP contribution in [-0.4, -0.2) is 53.2 Å². The van der Waals surface area contributed by atoms with Crippen LogP contribution in [-0.2, 0) is 23.8 Å². The van der Waals surface area contributed by atoms with Gasteiger partial charge in [-0.05, 0) is 48.6 Å². The van der Waals surface area contributed by atoms with Gasteiger partial charge in [0.15, 0.2) is 0 Å². The summed E-state index contributed by atoms with van der Waals surface area (Å²) in [5.41, 5.74) is -2.11. The highest BCUT2D eigenvalue weighted by Crippen LogP contribution is 2.69. The molecule has 8 nitrogen and oxygen atoms in total. The molecule has 0 amide bonds. The Morgan fingerprint density at radius 1 is 1.31 bits per heavy atom. The van der Waals surface area contributed by atoms with Crippen molar-refractivity contribution in [2.75, 3.05) is 13.2 Å². The molecule has 1 aliphatic heterocycles. The fourth-order valence-electron chi connectivity index (χ4n) is 6.76. The summed E-state index contributed by atoms with van der Waals surface area (Å²) in [5, 5.41) is 22.5. The SMILES string of the molecule is CC(=O)OC[C@@]12[C@H](CCC[C@]13CO3)C(C)(CC(O)c1ccco1)[C@H](C)[C@@H](O)[C@@H]2OC(C)=O. The van der Waals surface area contributed by atoms with E-state index >= 15 is 0 Å². The smallest absolute Gasteiger partial charge is 0.303 e. The number of hydrogen-bond acceptors (Lipinski definition) is 8. The van der Waals surface area contributed by atoms with Gasteiger partial charge in [0.2, 0.25) is 0 Å². The zero-order valence-corrected chi connectivity index (χ0v) is 19.2. The number of ether oxygens (including phenoxy) is 3. The summed E-state index contributed by atoms with van der Waals surface area (Å²) in [6.45, 7) is 7.11. The molecular weight excluding hydrogens is 416 g/mol. The largest absolute Gasteiger partial charge is 0.467 e. The highest BCUT2D eigenvalue weighted by atomic mass is 16.6. The molecule has 8 heteroatoms. The average Bonchev–Trinajstić information content (AvgIpc) is 3.29. The summed E-state index contributed by atoms with van der Waals surface area (Å²) in [7, 11) is 0. The lowest BCUT2D eigenvalue weighted by atomic mass is 9.42. The van der Waals surface area contributed by atoms with Crippen LogP contribution in [0.15, 0.2) is 22.8 Å². The number of hydrogen-bond donors (Lipinski definition) is 2. The van der Waals surface area contributed by atoms with Gasteiger partial charge in [0.05, 0.1) is 24.4 Å². The first kappa shape index (κ1) is 23.3. The number of furan rings is 1. The van der Waals surface area contributed by atoms with Crippen molar-refractivity contribution in [3.63, 3.8) is 0 Å². The number of fused-ring (bicyclic) bond motifs is 2. The first-order valence-corrected chi connectivity index (χ1v) is 11.4. The summed E-state index contributed by atoms with van der Waals surface area (Å²) in [6.07, 6.45) is 1.52. The van der Waals surface area contributed by atoms with E-state index in [1.165, 1.54) is 20.1 Å². The lowest BCUT2D eigenvalue weighted by Gasteiger charge is -2.64. The van der Waals surface area contributed by atoms with Gasteiger partial charge in [0, 0.05) is 13.8 Å². The van der Waals surface area contributed by atoms with Gasteiger partial charge in [0.25, 0.3) is 0 Å². The normalized spacial score (nSPS) is 41.6. The molecule has 2 unspecified atom stereocenters. The van der Waals surface area contributed by atoms with E-state index in [1.54, 1.807) is 12.1 Å².